The van der Waals surface area contributed by atoms with Gasteiger partial charge in [0.05, 0.1) is 5.52 Å². The van der Waals surface area contributed by atoms with Crippen LogP contribution in [0.25, 0.3) is 10.9 Å². The van der Waals surface area contributed by atoms with E-state index in [-0.39, 0.29) is 0 Å². The smallest absolute Gasteiger partial charge is 0.235 e. The van der Waals surface area contributed by atoms with E-state index in [1.807, 2.05) is 25.2 Å². The van der Waals surface area contributed by atoms with Crippen molar-refractivity contribution in [3.63, 3.8) is 0 Å². The molecule has 1 fully saturated rings. The Hall–Kier alpha value is -1.64. The van der Waals surface area contributed by atoms with Gasteiger partial charge in [0, 0.05) is 18.0 Å². The van der Waals surface area contributed by atoms with Crippen LogP contribution in [0.5, 0.6) is 0 Å². The van der Waals surface area contributed by atoms with Gasteiger partial charge in [-0.15, -0.1) is 0 Å². The van der Waals surface area contributed by atoms with Crippen molar-refractivity contribution < 1.29 is 4.79 Å². The van der Waals surface area contributed by atoms with E-state index in [0.29, 0.717) is 5.15 Å². The summed E-state index contributed by atoms with van der Waals surface area (Å²) in [7, 11) is 1.86. The highest BCUT2D eigenvalue weighted by Crippen LogP contribution is 2.47. The van der Waals surface area contributed by atoms with Crippen molar-refractivity contribution >= 4 is 28.6 Å². The monoisotopic (exact) mass is 261 g/mol. The van der Waals surface area contributed by atoms with E-state index >= 15 is 0 Å². The molecule has 2 aromatic rings. The molecule has 1 aromatic carbocycles. The van der Waals surface area contributed by atoms with Crippen LogP contribution < -0.4 is 0 Å². The predicted octanol–water partition coefficient (Wildman–Crippen LogP) is 2.94. The van der Waals surface area contributed by atoms with E-state index in [1.165, 1.54) is 0 Å². The number of isocyanates is 1. The maximum atomic E-state index is 10.7. The molecule has 0 saturated heterocycles. The molecule has 92 valence electrons. The van der Waals surface area contributed by atoms with Crippen molar-refractivity contribution in [1.29, 1.82) is 0 Å². The zero-order valence-electron chi connectivity index (χ0n) is 9.98. The fourth-order valence-electron chi connectivity index (χ4n) is 2.71. The number of aryl methyl sites for hydroxylation is 1. The number of aliphatic imine (C=N–C) groups is 1. The Morgan fingerprint density at radius 2 is 2.28 bits per heavy atom. The molecule has 5 heteroatoms. The van der Waals surface area contributed by atoms with Crippen molar-refractivity contribution in [3.8, 4) is 0 Å². The zero-order chi connectivity index (χ0) is 12.8. The highest BCUT2D eigenvalue weighted by molar-refractivity contribution is 6.34. The number of nitrogens with zero attached hydrogens (tertiary/aromatic N) is 3. The molecule has 1 heterocycles. The van der Waals surface area contributed by atoms with Crippen LogP contribution in [0.3, 0.4) is 0 Å². The third-order valence-corrected chi connectivity index (χ3v) is 4.04. The zero-order valence-corrected chi connectivity index (χ0v) is 10.7. The summed E-state index contributed by atoms with van der Waals surface area (Å²) in [5.41, 5.74) is 1.57. The second kappa shape index (κ2) is 3.94. The minimum atomic E-state index is -0.418. The van der Waals surface area contributed by atoms with Crippen molar-refractivity contribution in [2.45, 2.75) is 24.8 Å². The number of carbonyl (C=O) groups excluding carboxylic acids is 1. The minimum absolute atomic E-state index is 0.418. The Morgan fingerprint density at radius 3 is 2.89 bits per heavy atom. The fourth-order valence-corrected chi connectivity index (χ4v) is 2.98. The first kappa shape index (κ1) is 11.5. The molecule has 0 radical (unpaired) electrons. The van der Waals surface area contributed by atoms with Gasteiger partial charge < -0.3 is 0 Å². The van der Waals surface area contributed by atoms with Gasteiger partial charge in [0.15, 0.2) is 5.15 Å². The average molecular weight is 262 g/mol. The van der Waals surface area contributed by atoms with Gasteiger partial charge in [-0.1, -0.05) is 23.7 Å². The van der Waals surface area contributed by atoms with Crippen LogP contribution in [0.15, 0.2) is 23.2 Å². The Labute approximate surface area is 109 Å². The number of benzene rings is 1. The van der Waals surface area contributed by atoms with Crippen molar-refractivity contribution in [2.24, 2.45) is 12.0 Å². The normalized spacial score (nSPS) is 17.2. The first-order valence-corrected chi connectivity index (χ1v) is 6.26. The highest BCUT2D eigenvalue weighted by atomic mass is 35.5. The van der Waals surface area contributed by atoms with E-state index in [2.05, 4.69) is 10.1 Å². The molecule has 0 atom stereocenters. The quantitative estimate of drug-likeness (QED) is 0.616. The molecule has 1 aromatic heterocycles. The molecule has 1 aliphatic carbocycles. The number of rotatable bonds is 2. The number of halogens is 1. The largest absolute Gasteiger partial charge is 0.266 e. The lowest BCUT2D eigenvalue weighted by Gasteiger charge is -2.37. The van der Waals surface area contributed by atoms with Gasteiger partial charge in [0.1, 0.15) is 5.54 Å². The third-order valence-electron chi connectivity index (χ3n) is 3.76. The third kappa shape index (κ3) is 1.43. The van der Waals surface area contributed by atoms with E-state index < -0.39 is 5.54 Å². The maximum Gasteiger partial charge on any atom is 0.235 e. The van der Waals surface area contributed by atoms with Crippen molar-refractivity contribution in [2.75, 3.05) is 0 Å². The van der Waals surface area contributed by atoms with Crippen LogP contribution in [-0.4, -0.2) is 15.9 Å². The molecule has 0 amide bonds. The van der Waals surface area contributed by atoms with Gasteiger partial charge in [-0.2, -0.15) is 10.1 Å². The molecule has 0 unspecified atom stereocenters. The number of hydrogen-bond donors (Lipinski definition) is 0. The minimum Gasteiger partial charge on any atom is -0.266 e. The summed E-state index contributed by atoms with van der Waals surface area (Å²) in [6, 6.07) is 5.87. The van der Waals surface area contributed by atoms with Gasteiger partial charge in [0.25, 0.3) is 0 Å². The topological polar surface area (TPSA) is 47.2 Å². The number of hydrogen-bond acceptors (Lipinski definition) is 3. The first-order valence-electron chi connectivity index (χ1n) is 5.89. The number of aromatic nitrogens is 2. The van der Waals surface area contributed by atoms with Crippen LogP contribution in [0.2, 0.25) is 5.15 Å². The summed E-state index contributed by atoms with van der Waals surface area (Å²) in [6.07, 6.45) is 4.55. The second-order valence-electron chi connectivity index (χ2n) is 4.70. The molecule has 0 bridgehead atoms. The van der Waals surface area contributed by atoms with Crippen molar-refractivity contribution in [1.82, 2.24) is 9.78 Å². The van der Waals surface area contributed by atoms with Gasteiger partial charge in [-0.25, -0.2) is 4.79 Å². The number of fused-ring (bicyclic) bond motifs is 1. The SMILES string of the molecule is Cn1nc(Cl)c2cccc(C3(N=C=O)CCC3)c21. The van der Waals surface area contributed by atoms with E-state index in [9.17, 15) is 4.79 Å². The lowest BCUT2D eigenvalue weighted by molar-refractivity contribution is 0.257. The molecule has 0 aliphatic heterocycles. The second-order valence-corrected chi connectivity index (χ2v) is 5.06. The molecule has 1 saturated carbocycles. The van der Waals surface area contributed by atoms with E-state index in [4.69, 9.17) is 11.6 Å². The van der Waals surface area contributed by atoms with E-state index in [0.717, 1.165) is 35.7 Å². The summed E-state index contributed by atoms with van der Waals surface area (Å²) < 4.78 is 1.76. The Balaban J connectivity index is 2.32. The summed E-state index contributed by atoms with van der Waals surface area (Å²) in [4.78, 5) is 14.7. The molecule has 3 rings (SSSR count). The van der Waals surface area contributed by atoms with Crippen molar-refractivity contribution in [3.05, 3.63) is 28.9 Å². The molecule has 1 aliphatic rings. The Kier molecular flexibility index (Phi) is 2.51. The number of para-hydroxylation sites is 1. The van der Waals surface area contributed by atoms with Gasteiger partial charge in [-0.05, 0) is 25.3 Å². The van der Waals surface area contributed by atoms with Crippen LogP contribution in [0.1, 0.15) is 24.8 Å². The standard InChI is InChI=1S/C13H12ClN3O/c1-17-11-9(12(14)16-17)4-2-5-10(11)13(15-8-18)6-3-7-13/h2,4-5H,3,6-7H2,1H3. The Bertz CT molecular complexity index is 666. The summed E-state index contributed by atoms with van der Waals surface area (Å²) in [6.45, 7) is 0. The lowest BCUT2D eigenvalue weighted by Crippen LogP contribution is -2.32. The highest BCUT2D eigenvalue weighted by Gasteiger charge is 2.40. The molecule has 0 N–H and O–H groups in total. The maximum absolute atomic E-state index is 10.7. The molecule has 0 spiro atoms. The summed E-state index contributed by atoms with van der Waals surface area (Å²) >= 11 is 6.10. The van der Waals surface area contributed by atoms with Gasteiger partial charge >= 0.3 is 0 Å². The summed E-state index contributed by atoms with van der Waals surface area (Å²) in [5.74, 6) is 0. The predicted molar refractivity (Wildman–Crippen MR) is 69.4 cm³/mol. The van der Waals surface area contributed by atoms with Crippen LogP contribution in [0, 0.1) is 0 Å². The summed E-state index contributed by atoms with van der Waals surface area (Å²) in [5, 5.41) is 5.62. The Morgan fingerprint density at radius 1 is 1.50 bits per heavy atom. The first-order chi connectivity index (χ1) is 8.68. The fraction of sp³-hybridized carbons (Fsp3) is 0.385. The molecular weight excluding hydrogens is 250 g/mol. The lowest BCUT2D eigenvalue weighted by atomic mass is 9.72. The van der Waals surface area contributed by atoms with Gasteiger partial charge in [0.2, 0.25) is 6.08 Å². The van der Waals surface area contributed by atoms with Crippen LogP contribution in [-0.2, 0) is 17.4 Å². The molecule has 18 heavy (non-hydrogen) atoms. The van der Waals surface area contributed by atoms with Crippen LogP contribution in [0.4, 0.5) is 0 Å². The average Bonchev–Trinajstić information content (AvgIpc) is 2.60. The van der Waals surface area contributed by atoms with Gasteiger partial charge in [-0.3, -0.25) is 4.68 Å². The molecular formula is C13H12ClN3O. The van der Waals surface area contributed by atoms with E-state index in [1.54, 1.807) is 10.8 Å². The molecule has 4 nitrogen and oxygen atoms in total. The van der Waals surface area contributed by atoms with Crippen LogP contribution >= 0.6 is 11.6 Å².